The molecule has 17 heavy (non-hydrogen) atoms. The maximum Gasteiger partial charge on any atom is 0.390 e. The van der Waals surface area contributed by atoms with Gasteiger partial charge in [0.25, 0.3) is 0 Å². The highest BCUT2D eigenvalue weighted by atomic mass is 19.4. The third kappa shape index (κ3) is 3.97. The molecular formula is C11H14F3N3. The van der Waals surface area contributed by atoms with Crippen molar-refractivity contribution in [1.29, 1.82) is 5.41 Å². The Morgan fingerprint density at radius 2 is 1.94 bits per heavy atom. The van der Waals surface area contributed by atoms with E-state index in [-0.39, 0.29) is 12.4 Å². The lowest BCUT2D eigenvalue weighted by Crippen LogP contribution is -2.26. The molecule has 0 amide bonds. The lowest BCUT2D eigenvalue weighted by atomic mass is 10.1. The van der Waals surface area contributed by atoms with Crippen molar-refractivity contribution in [3.63, 3.8) is 0 Å². The summed E-state index contributed by atoms with van der Waals surface area (Å²) in [6.07, 6.45) is -5.07. The number of rotatable bonds is 4. The molecule has 0 radical (unpaired) electrons. The molecule has 0 unspecified atom stereocenters. The van der Waals surface area contributed by atoms with E-state index in [2.05, 4.69) is 0 Å². The van der Waals surface area contributed by atoms with Gasteiger partial charge in [-0.3, -0.25) is 5.41 Å². The summed E-state index contributed by atoms with van der Waals surface area (Å²) in [7, 11) is 1.55. The zero-order chi connectivity index (χ0) is 13.1. The van der Waals surface area contributed by atoms with Gasteiger partial charge < -0.3 is 10.6 Å². The van der Waals surface area contributed by atoms with E-state index >= 15 is 0 Å². The summed E-state index contributed by atoms with van der Waals surface area (Å²) in [6.45, 7) is -0.159. The number of amidine groups is 1. The van der Waals surface area contributed by atoms with Crippen LogP contribution in [-0.2, 0) is 0 Å². The van der Waals surface area contributed by atoms with Gasteiger partial charge in [0.05, 0.1) is 6.42 Å². The Morgan fingerprint density at radius 1 is 1.35 bits per heavy atom. The average molecular weight is 245 g/mol. The van der Waals surface area contributed by atoms with Crippen molar-refractivity contribution in [2.75, 3.05) is 18.5 Å². The Balaban J connectivity index is 2.82. The van der Waals surface area contributed by atoms with Crippen molar-refractivity contribution >= 4 is 11.5 Å². The zero-order valence-corrected chi connectivity index (χ0v) is 9.38. The van der Waals surface area contributed by atoms with Crippen molar-refractivity contribution in [3.05, 3.63) is 29.8 Å². The van der Waals surface area contributed by atoms with Gasteiger partial charge in [0.15, 0.2) is 0 Å². The number of benzene rings is 1. The summed E-state index contributed by atoms with van der Waals surface area (Å²) < 4.78 is 36.3. The van der Waals surface area contributed by atoms with Gasteiger partial charge in [-0.1, -0.05) is 12.1 Å². The van der Waals surface area contributed by atoms with Gasteiger partial charge in [0.1, 0.15) is 5.84 Å². The fourth-order valence-electron chi connectivity index (χ4n) is 1.45. The van der Waals surface area contributed by atoms with Crippen LogP contribution in [0.3, 0.4) is 0 Å². The van der Waals surface area contributed by atoms with Crippen LogP contribution in [0.5, 0.6) is 0 Å². The van der Waals surface area contributed by atoms with E-state index in [1.807, 2.05) is 0 Å². The fraction of sp³-hybridized carbons (Fsp3) is 0.364. The van der Waals surface area contributed by atoms with Gasteiger partial charge in [-0.05, 0) is 12.1 Å². The number of halogens is 3. The second-order valence-corrected chi connectivity index (χ2v) is 3.72. The van der Waals surface area contributed by atoms with Gasteiger partial charge in [-0.15, -0.1) is 0 Å². The molecule has 0 fully saturated rings. The molecule has 0 heterocycles. The lowest BCUT2D eigenvalue weighted by molar-refractivity contribution is -0.132. The number of hydrogen-bond donors (Lipinski definition) is 2. The number of nitrogens with two attached hydrogens (primary N) is 1. The molecule has 3 N–H and O–H groups in total. The van der Waals surface area contributed by atoms with Gasteiger partial charge in [-0.25, -0.2) is 0 Å². The molecule has 0 spiro atoms. The second kappa shape index (κ2) is 5.07. The van der Waals surface area contributed by atoms with Crippen molar-refractivity contribution < 1.29 is 13.2 Å². The second-order valence-electron chi connectivity index (χ2n) is 3.72. The van der Waals surface area contributed by atoms with Gasteiger partial charge in [0.2, 0.25) is 0 Å². The van der Waals surface area contributed by atoms with Crippen LogP contribution in [-0.4, -0.2) is 25.6 Å². The van der Waals surface area contributed by atoms with Crippen molar-refractivity contribution in [2.24, 2.45) is 5.73 Å². The number of anilines is 1. The maximum absolute atomic E-state index is 12.1. The average Bonchev–Trinajstić information content (AvgIpc) is 2.25. The summed E-state index contributed by atoms with van der Waals surface area (Å²) in [4.78, 5) is 1.45. The molecule has 94 valence electrons. The van der Waals surface area contributed by atoms with Crippen molar-refractivity contribution in [1.82, 2.24) is 0 Å². The summed E-state index contributed by atoms with van der Waals surface area (Å²) in [5.74, 6) is -0.153. The van der Waals surface area contributed by atoms with Crippen LogP contribution in [0.2, 0.25) is 0 Å². The number of para-hydroxylation sites is 1. The Labute approximate surface area is 97.5 Å². The number of hydrogen-bond acceptors (Lipinski definition) is 2. The van der Waals surface area contributed by atoms with Crippen molar-refractivity contribution in [3.8, 4) is 0 Å². The third-order valence-corrected chi connectivity index (χ3v) is 2.34. The van der Waals surface area contributed by atoms with E-state index in [1.54, 1.807) is 31.3 Å². The quantitative estimate of drug-likeness (QED) is 0.632. The van der Waals surface area contributed by atoms with Gasteiger partial charge >= 0.3 is 6.18 Å². The summed E-state index contributed by atoms with van der Waals surface area (Å²) in [6, 6.07) is 6.65. The minimum Gasteiger partial charge on any atom is -0.384 e. The van der Waals surface area contributed by atoms with E-state index in [4.69, 9.17) is 11.1 Å². The van der Waals surface area contributed by atoms with E-state index in [9.17, 15) is 13.2 Å². The first-order valence-electron chi connectivity index (χ1n) is 5.02. The van der Waals surface area contributed by atoms with Crippen LogP contribution in [0.15, 0.2) is 24.3 Å². The minimum atomic E-state index is -4.18. The van der Waals surface area contributed by atoms with E-state index in [1.165, 1.54) is 4.90 Å². The monoisotopic (exact) mass is 245 g/mol. The minimum absolute atomic E-state index is 0.153. The Morgan fingerprint density at radius 3 is 2.47 bits per heavy atom. The molecule has 0 atom stereocenters. The van der Waals surface area contributed by atoms with E-state index in [0.29, 0.717) is 11.3 Å². The van der Waals surface area contributed by atoms with Crippen LogP contribution in [0.1, 0.15) is 12.0 Å². The van der Waals surface area contributed by atoms with Crippen LogP contribution in [0.4, 0.5) is 18.9 Å². The van der Waals surface area contributed by atoms with Crippen LogP contribution < -0.4 is 10.6 Å². The number of alkyl halides is 3. The van der Waals surface area contributed by atoms with E-state index < -0.39 is 12.6 Å². The molecule has 1 aromatic carbocycles. The standard InChI is InChI=1S/C11H14F3N3/c1-17(7-6-11(12,13)14)9-5-3-2-4-8(9)10(15)16/h2-5H,6-7H2,1H3,(H3,15,16). The summed E-state index contributed by atoms with van der Waals surface area (Å²) >= 11 is 0. The molecule has 0 aliphatic rings. The highest BCUT2D eigenvalue weighted by molar-refractivity contribution is 6.00. The first-order chi connectivity index (χ1) is 7.81. The Kier molecular flexibility index (Phi) is 3.98. The molecule has 0 aliphatic heterocycles. The third-order valence-electron chi connectivity index (χ3n) is 2.34. The predicted molar refractivity (Wildman–Crippen MR) is 61.4 cm³/mol. The first kappa shape index (κ1) is 13.3. The number of nitrogens with zero attached hydrogens (tertiary/aromatic N) is 1. The predicted octanol–water partition coefficient (Wildman–Crippen LogP) is 2.36. The summed E-state index contributed by atoms with van der Waals surface area (Å²) in [5, 5.41) is 7.35. The molecule has 3 nitrogen and oxygen atoms in total. The molecule has 0 bridgehead atoms. The summed E-state index contributed by atoms with van der Waals surface area (Å²) in [5.41, 5.74) is 6.34. The first-order valence-corrected chi connectivity index (χ1v) is 5.02. The molecule has 0 saturated heterocycles. The lowest BCUT2D eigenvalue weighted by Gasteiger charge is -2.22. The molecule has 0 saturated carbocycles. The number of nitrogens with one attached hydrogen (secondary N) is 1. The highest BCUT2D eigenvalue weighted by Gasteiger charge is 2.27. The fourth-order valence-corrected chi connectivity index (χ4v) is 1.45. The van der Waals surface area contributed by atoms with Crippen molar-refractivity contribution in [2.45, 2.75) is 12.6 Å². The molecule has 1 rings (SSSR count). The molecule has 0 aliphatic carbocycles. The highest BCUT2D eigenvalue weighted by Crippen LogP contribution is 2.23. The Hall–Kier alpha value is -1.72. The van der Waals surface area contributed by atoms with E-state index in [0.717, 1.165) is 0 Å². The zero-order valence-electron chi connectivity index (χ0n) is 9.38. The normalized spacial score (nSPS) is 11.3. The topological polar surface area (TPSA) is 53.1 Å². The van der Waals surface area contributed by atoms with Gasteiger partial charge in [0, 0.05) is 24.8 Å². The Bertz CT molecular complexity index is 401. The maximum atomic E-state index is 12.1. The molecule has 0 aromatic heterocycles. The molecule has 6 heteroatoms. The van der Waals surface area contributed by atoms with Crippen LogP contribution >= 0.6 is 0 Å². The SMILES string of the molecule is CN(CCC(F)(F)F)c1ccccc1C(=N)N. The van der Waals surface area contributed by atoms with Crippen LogP contribution in [0, 0.1) is 5.41 Å². The largest absolute Gasteiger partial charge is 0.390 e. The van der Waals surface area contributed by atoms with Gasteiger partial charge in [-0.2, -0.15) is 13.2 Å². The molecule has 1 aromatic rings. The molecular weight excluding hydrogens is 231 g/mol. The smallest absolute Gasteiger partial charge is 0.384 e. The van der Waals surface area contributed by atoms with Crippen LogP contribution in [0.25, 0.3) is 0 Å². The number of nitrogen functional groups attached to an aromatic ring is 1.